The number of nitrogens with one attached hydrogen (secondary N) is 2. The number of halogens is 1. The molecular formula is C12H15FN2O3. The number of aromatic carboxylic acids is 1. The molecule has 2 amide bonds. The van der Waals surface area contributed by atoms with Crippen molar-refractivity contribution < 1.29 is 19.1 Å². The maximum atomic E-state index is 13.3. The monoisotopic (exact) mass is 254 g/mol. The Kier molecular flexibility index (Phi) is 5.10. The average Bonchev–Trinajstić information content (AvgIpc) is 2.28. The van der Waals surface area contributed by atoms with Gasteiger partial charge in [0.2, 0.25) is 0 Å². The van der Waals surface area contributed by atoms with E-state index in [4.69, 9.17) is 5.11 Å². The van der Waals surface area contributed by atoms with Crippen LogP contribution in [0.4, 0.5) is 14.9 Å². The molecule has 0 atom stereocenters. The molecular weight excluding hydrogens is 239 g/mol. The van der Waals surface area contributed by atoms with Crippen LogP contribution in [-0.4, -0.2) is 23.7 Å². The molecule has 0 aliphatic heterocycles. The number of carbonyl (C=O) groups excluding carboxylic acids is 1. The van der Waals surface area contributed by atoms with E-state index in [0.717, 1.165) is 25.0 Å². The molecule has 0 unspecified atom stereocenters. The standard InChI is InChI=1S/C12H15FN2O3/c1-2-3-6-14-12(18)15-8-4-5-9(11(16)17)10(13)7-8/h4-5,7H,2-3,6H2,1H3,(H,16,17)(H2,14,15,18). The predicted molar refractivity (Wildman–Crippen MR) is 65.3 cm³/mol. The zero-order chi connectivity index (χ0) is 13.5. The fourth-order valence-corrected chi connectivity index (χ4v) is 1.32. The van der Waals surface area contributed by atoms with Gasteiger partial charge in [-0.25, -0.2) is 14.0 Å². The summed E-state index contributed by atoms with van der Waals surface area (Å²) in [5, 5.41) is 13.7. The fraction of sp³-hybridized carbons (Fsp3) is 0.333. The number of carbonyl (C=O) groups is 2. The van der Waals surface area contributed by atoms with Crippen molar-refractivity contribution in [3.63, 3.8) is 0 Å². The van der Waals surface area contributed by atoms with Gasteiger partial charge in [-0.2, -0.15) is 0 Å². The summed E-state index contributed by atoms with van der Waals surface area (Å²) in [4.78, 5) is 21.9. The molecule has 0 bridgehead atoms. The lowest BCUT2D eigenvalue weighted by molar-refractivity contribution is 0.0692. The van der Waals surface area contributed by atoms with Crippen molar-refractivity contribution in [1.82, 2.24) is 5.32 Å². The summed E-state index contributed by atoms with van der Waals surface area (Å²) in [5.41, 5.74) is -0.210. The summed E-state index contributed by atoms with van der Waals surface area (Å²) < 4.78 is 13.3. The molecule has 3 N–H and O–H groups in total. The zero-order valence-electron chi connectivity index (χ0n) is 10.00. The number of unbranched alkanes of at least 4 members (excludes halogenated alkanes) is 1. The van der Waals surface area contributed by atoms with E-state index in [1.807, 2.05) is 6.92 Å². The van der Waals surface area contributed by atoms with Gasteiger partial charge in [0.05, 0.1) is 5.56 Å². The zero-order valence-corrected chi connectivity index (χ0v) is 10.00. The van der Waals surface area contributed by atoms with Gasteiger partial charge in [0.25, 0.3) is 0 Å². The lowest BCUT2D eigenvalue weighted by Gasteiger charge is -2.07. The van der Waals surface area contributed by atoms with E-state index in [1.54, 1.807) is 0 Å². The molecule has 18 heavy (non-hydrogen) atoms. The number of anilines is 1. The molecule has 6 heteroatoms. The number of hydrogen-bond acceptors (Lipinski definition) is 2. The Hall–Kier alpha value is -2.11. The smallest absolute Gasteiger partial charge is 0.338 e. The van der Waals surface area contributed by atoms with Gasteiger partial charge in [-0.05, 0) is 24.6 Å². The number of rotatable bonds is 5. The van der Waals surface area contributed by atoms with Crippen LogP contribution >= 0.6 is 0 Å². The summed E-state index contributed by atoms with van der Waals surface area (Å²) in [7, 11) is 0. The fourth-order valence-electron chi connectivity index (χ4n) is 1.32. The molecule has 0 heterocycles. The van der Waals surface area contributed by atoms with Gasteiger partial charge in [0.15, 0.2) is 0 Å². The largest absolute Gasteiger partial charge is 0.478 e. The minimum absolute atomic E-state index is 0.214. The molecule has 0 aliphatic rings. The van der Waals surface area contributed by atoms with Crippen molar-refractivity contribution in [3.05, 3.63) is 29.6 Å². The number of amides is 2. The van der Waals surface area contributed by atoms with E-state index in [1.165, 1.54) is 6.07 Å². The maximum absolute atomic E-state index is 13.3. The predicted octanol–water partition coefficient (Wildman–Crippen LogP) is 2.45. The van der Waals surface area contributed by atoms with Crippen LogP contribution in [0.15, 0.2) is 18.2 Å². The molecule has 0 aromatic heterocycles. The number of benzene rings is 1. The highest BCUT2D eigenvalue weighted by atomic mass is 19.1. The molecule has 0 saturated carbocycles. The van der Waals surface area contributed by atoms with Crippen LogP contribution in [0.25, 0.3) is 0 Å². The summed E-state index contributed by atoms with van der Waals surface area (Å²) in [5.74, 6) is -2.22. The first kappa shape index (κ1) is 14.0. The normalized spacial score (nSPS) is 9.89. The molecule has 0 radical (unpaired) electrons. The van der Waals surface area contributed by atoms with E-state index in [2.05, 4.69) is 10.6 Å². The number of carboxylic acids is 1. The van der Waals surface area contributed by atoms with Crippen molar-refractivity contribution >= 4 is 17.7 Å². The summed E-state index contributed by atoms with van der Waals surface area (Å²) in [6.07, 6.45) is 1.82. The Morgan fingerprint density at radius 1 is 1.39 bits per heavy atom. The summed E-state index contributed by atoms with van der Waals surface area (Å²) in [6.45, 7) is 2.54. The molecule has 1 aromatic rings. The van der Waals surface area contributed by atoms with E-state index in [0.29, 0.717) is 6.54 Å². The van der Waals surface area contributed by atoms with Crippen molar-refractivity contribution in [2.45, 2.75) is 19.8 Å². The number of urea groups is 1. The quantitative estimate of drug-likeness (QED) is 0.706. The highest BCUT2D eigenvalue weighted by Crippen LogP contribution is 2.14. The lowest BCUT2D eigenvalue weighted by atomic mass is 10.2. The highest BCUT2D eigenvalue weighted by Gasteiger charge is 2.11. The van der Waals surface area contributed by atoms with Crippen molar-refractivity contribution in [2.24, 2.45) is 0 Å². The van der Waals surface area contributed by atoms with Crippen molar-refractivity contribution in [1.29, 1.82) is 0 Å². The van der Waals surface area contributed by atoms with E-state index in [-0.39, 0.29) is 5.69 Å². The molecule has 98 valence electrons. The van der Waals surface area contributed by atoms with Gasteiger partial charge in [-0.1, -0.05) is 13.3 Å². The third kappa shape index (κ3) is 4.04. The third-order valence-electron chi connectivity index (χ3n) is 2.27. The second-order valence-corrected chi connectivity index (χ2v) is 3.73. The first-order valence-corrected chi connectivity index (χ1v) is 5.62. The molecule has 1 aromatic carbocycles. The second-order valence-electron chi connectivity index (χ2n) is 3.73. The highest BCUT2D eigenvalue weighted by molar-refractivity contribution is 5.91. The second kappa shape index (κ2) is 6.58. The van der Waals surface area contributed by atoms with Gasteiger partial charge >= 0.3 is 12.0 Å². The first-order valence-electron chi connectivity index (χ1n) is 5.62. The third-order valence-corrected chi connectivity index (χ3v) is 2.27. The maximum Gasteiger partial charge on any atom is 0.338 e. The minimum Gasteiger partial charge on any atom is -0.478 e. The number of hydrogen-bond donors (Lipinski definition) is 3. The van der Waals surface area contributed by atoms with Crippen LogP contribution in [0.3, 0.4) is 0 Å². The Morgan fingerprint density at radius 3 is 2.67 bits per heavy atom. The van der Waals surface area contributed by atoms with E-state index < -0.39 is 23.4 Å². The molecule has 5 nitrogen and oxygen atoms in total. The van der Waals surface area contributed by atoms with Crippen molar-refractivity contribution in [3.8, 4) is 0 Å². The van der Waals surface area contributed by atoms with Gasteiger partial charge in [0.1, 0.15) is 5.82 Å². The summed E-state index contributed by atoms with van der Waals surface area (Å²) in [6, 6.07) is 2.99. The van der Waals surface area contributed by atoms with Crippen LogP contribution < -0.4 is 10.6 Å². The molecule has 0 saturated heterocycles. The van der Waals surface area contributed by atoms with Crippen molar-refractivity contribution in [2.75, 3.05) is 11.9 Å². The first-order chi connectivity index (χ1) is 8.54. The Balaban J connectivity index is 2.60. The van der Waals surface area contributed by atoms with Crippen LogP contribution in [0, 0.1) is 5.82 Å². The molecule has 0 fully saturated rings. The molecule has 0 aliphatic carbocycles. The van der Waals surface area contributed by atoms with E-state index >= 15 is 0 Å². The topological polar surface area (TPSA) is 78.4 Å². The van der Waals surface area contributed by atoms with Gasteiger partial charge < -0.3 is 15.7 Å². The number of carboxylic acid groups (broad SMARTS) is 1. The Morgan fingerprint density at radius 2 is 2.11 bits per heavy atom. The van der Waals surface area contributed by atoms with Gasteiger partial charge in [-0.3, -0.25) is 0 Å². The van der Waals surface area contributed by atoms with Gasteiger partial charge in [-0.15, -0.1) is 0 Å². The molecule has 0 spiro atoms. The minimum atomic E-state index is -1.34. The van der Waals surface area contributed by atoms with Crippen LogP contribution in [-0.2, 0) is 0 Å². The Labute approximate surface area is 104 Å². The van der Waals surface area contributed by atoms with E-state index in [9.17, 15) is 14.0 Å². The van der Waals surface area contributed by atoms with Crippen LogP contribution in [0.1, 0.15) is 30.1 Å². The lowest BCUT2D eigenvalue weighted by Crippen LogP contribution is -2.29. The SMILES string of the molecule is CCCCNC(=O)Nc1ccc(C(=O)O)c(F)c1. The molecule has 1 rings (SSSR count). The summed E-state index contributed by atoms with van der Waals surface area (Å²) >= 11 is 0. The Bertz CT molecular complexity index is 449. The van der Waals surface area contributed by atoms with Gasteiger partial charge in [0, 0.05) is 12.2 Å². The van der Waals surface area contributed by atoms with Crippen LogP contribution in [0.5, 0.6) is 0 Å². The average molecular weight is 254 g/mol. The van der Waals surface area contributed by atoms with Crippen LogP contribution in [0.2, 0.25) is 0 Å².